The van der Waals surface area contributed by atoms with Gasteiger partial charge in [-0.05, 0) is 25.4 Å². The SMILES string of the molecule is CCCCCCCCCCCCCCCCCCN=C(N)SC.CCCCCCCCCCCCCCCCCCN=C(N)SC.COP(O)O. The van der Waals surface area contributed by atoms with Crippen LogP contribution in [0.3, 0.4) is 0 Å². The molecule has 0 aromatic rings. The van der Waals surface area contributed by atoms with Crippen molar-refractivity contribution in [3.63, 3.8) is 0 Å². The zero-order chi connectivity index (χ0) is 38.3. The summed E-state index contributed by atoms with van der Waals surface area (Å²) in [6, 6.07) is 0. The average molecular weight is 781 g/mol. The molecule has 0 heterocycles. The van der Waals surface area contributed by atoms with Crippen molar-refractivity contribution < 1.29 is 14.3 Å². The summed E-state index contributed by atoms with van der Waals surface area (Å²) in [5.74, 6) is 0. The monoisotopic (exact) mass is 781 g/mol. The summed E-state index contributed by atoms with van der Waals surface area (Å²) < 4.78 is 3.93. The topological polar surface area (TPSA) is 126 Å². The third-order valence-electron chi connectivity index (χ3n) is 9.14. The third kappa shape index (κ3) is 59.5. The molecule has 0 radical (unpaired) electrons. The highest BCUT2D eigenvalue weighted by Crippen LogP contribution is 2.21. The van der Waals surface area contributed by atoms with E-state index in [9.17, 15) is 0 Å². The van der Waals surface area contributed by atoms with Gasteiger partial charge in [0.1, 0.15) is 0 Å². The molecule has 0 unspecified atom stereocenters. The number of hydrogen-bond donors (Lipinski definition) is 4. The van der Waals surface area contributed by atoms with Crippen LogP contribution in [0.25, 0.3) is 0 Å². The Labute approximate surface area is 329 Å². The highest BCUT2D eigenvalue weighted by molar-refractivity contribution is 8.13. The van der Waals surface area contributed by atoms with Crippen molar-refractivity contribution >= 4 is 42.5 Å². The first-order valence-electron chi connectivity index (χ1n) is 21.3. The van der Waals surface area contributed by atoms with E-state index in [4.69, 9.17) is 21.3 Å². The Balaban J connectivity index is -0.000000796. The Hall–Kier alpha value is -0.0500. The highest BCUT2D eigenvalue weighted by atomic mass is 32.2. The van der Waals surface area contributed by atoms with E-state index in [0.29, 0.717) is 0 Å². The van der Waals surface area contributed by atoms with E-state index in [0.717, 1.165) is 23.4 Å². The maximum Gasteiger partial charge on any atom is 0.326 e. The zero-order valence-corrected chi connectivity index (χ0v) is 37.2. The molecule has 308 valence electrons. The highest BCUT2D eigenvalue weighted by Gasteiger charge is 1.97. The molecule has 0 amide bonds. The molecule has 0 aromatic carbocycles. The van der Waals surface area contributed by atoms with Crippen LogP contribution in [0, 0.1) is 0 Å². The molecule has 0 aliphatic carbocycles. The van der Waals surface area contributed by atoms with Crippen LogP contribution in [-0.4, -0.2) is 52.8 Å². The number of aliphatic imine (C=N–C) groups is 2. The molecule has 7 nitrogen and oxygen atoms in total. The fourth-order valence-electron chi connectivity index (χ4n) is 5.83. The molecule has 0 atom stereocenters. The Morgan fingerprint density at radius 2 is 0.608 bits per heavy atom. The summed E-state index contributed by atoms with van der Waals surface area (Å²) >= 11 is 3.08. The number of hydrogen-bond acceptors (Lipinski definition) is 7. The lowest BCUT2D eigenvalue weighted by molar-refractivity contribution is 0.310. The molecule has 0 saturated carbocycles. The molecule has 0 aromatic heterocycles. The number of rotatable bonds is 35. The molecular weight excluding hydrogens is 692 g/mol. The first-order valence-corrected chi connectivity index (χ1v) is 24.9. The van der Waals surface area contributed by atoms with Crippen molar-refractivity contribution in [2.45, 2.75) is 219 Å². The second kappa shape index (κ2) is 52.1. The van der Waals surface area contributed by atoms with Gasteiger partial charge in [0.25, 0.3) is 0 Å². The summed E-state index contributed by atoms with van der Waals surface area (Å²) in [6.45, 7) is 6.39. The van der Waals surface area contributed by atoms with Gasteiger partial charge in [0.15, 0.2) is 10.3 Å². The summed E-state index contributed by atoms with van der Waals surface area (Å²) in [5, 5.41) is 1.46. The predicted molar refractivity (Wildman–Crippen MR) is 237 cm³/mol. The minimum absolute atomic E-state index is 0.728. The maximum absolute atomic E-state index is 7.76. The summed E-state index contributed by atoms with van der Waals surface area (Å²) in [7, 11) is -0.870. The second-order valence-electron chi connectivity index (χ2n) is 13.9. The van der Waals surface area contributed by atoms with Crippen molar-refractivity contribution in [3.05, 3.63) is 0 Å². The number of unbranched alkanes of at least 4 members (excludes halogenated alkanes) is 30. The van der Waals surface area contributed by atoms with Gasteiger partial charge in [0.05, 0.1) is 0 Å². The fraction of sp³-hybridized carbons (Fsp3) is 0.951. The van der Waals surface area contributed by atoms with E-state index < -0.39 is 8.60 Å². The first kappa shape index (κ1) is 55.3. The van der Waals surface area contributed by atoms with Gasteiger partial charge in [-0.25, -0.2) is 0 Å². The van der Waals surface area contributed by atoms with Crippen LogP contribution in [0.15, 0.2) is 9.98 Å². The largest absolute Gasteiger partial charge is 0.379 e. The van der Waals surface area contributed by atoms with Crippen LogP contribution in [-0.2, 0) is 4.52 Å². The van der Waals surface area contributed by atoms with Crippen molar-refractivity contribution in [2.75, 3.05) is 32.7 Å². The van der Waals surface area contributed by atoms with E-state index in [1.165, 1.54) is 213 Å². The molecule has 0 spiro atoms. The Morgan fingerprint density at radius 1 is 0.431 bits per heavy atom. The van der Waals surface area contributed by atoms with Gasteiger partial charge >= 0.3 is 8.60 Å². The van der Waals surface area contributed by atoms with E-state index in [1.807, 2.05) is 12.5 Å². The van der Waals surface area contributed by atoms with Crippen LogP contribution in [0.5, 0.6) is 0 Å². The Bertz CT molecular complexity index is 639. The number of amidine groups is 2. The van der Waals surface area contributed by atoms with E-state index in [-0.39, 0.29) is 0 Å². The second-order valence-corrected chi connectivity index (χ2v) is 16.4. The molecule has 0 bridgehead atoms. The van der Waals surface area contributed by atoms with Crippen LogP contribution in [0.4, 0.5) is 0 Å². The molecule has 6 N–H and O–H groups in total. The normalized spacial score (nSPS) is 11.8. The average Bonchev–Trinajstić information content (AvgIpc) is 3.14. The number of nitrogens with zero attached hydrogens (tertiary/aromatic N) is 2. The molecule has 51 heavy (non-hydrogen) atoms. The van der Waals surface area contributed by atoms with E-state index >= 15 is 0 Å². The quantitative estimate of drug-likeness (QED) is 0.0218. The van der Waals surface area contributed by atoms with Crippen LogP contribution < -0.4 is 11.5 Å². The Kier molecular flexibility index (Phi) is 56.4. The fourth-order valence-corrected chi connectivity index (χ4v) is 6.27. The van der Waals surface area contributed by atoms with Crippen LogP contribution in [0.2, 0.25) is 0 Å². The lowest BCUT2D eigenvalue weighted by atomic mass is 10.0. The van der Waals surface area contributed by atoms with Gasteiger partial charge in [-0.15, -0.1) is 0 Å². The third-order valence-corrected chi connectivity index (χ3v) is 10.6. The van der Waals surface area contributed by atoms with E-state index in [1.54, 1.807) is 23.5 Å². The number of thioether (sulfide) groups is 2. The van der Waals surface area contributed by atoms with Gasteiger partial charge < -0.3 is 25.8 Å². The molecule has 0 fully saturated rings. The summed E-state index contributed by atoms with van der Waals surface area (Å²) in [5.41, 5.74) is 11.3. The molecule has 0 saturated heterocycles. The lowest BCUT2D eigenvalue weighted by Gasteiger charge is -2.03. The van der Waals surface area contributed by atoms with Crippen molar-refractivity contribution in [1.29, 1.82) is 0 Å². The van der Waals surface area contributed by atoms with Crippen LogP contribution in [0.1, 0.15) is 219 Å². The standard InChI is InChI=1S/2C20H42N2S.CH5O3P/c2*1-3-4-5-6-7-8-9-10-11-12-13-14-15-16-17-18-19-22-20(21)23-2;1-4-5(2)3/h2*3-19H2,1-2H3,(H2,21,22);2-3H,1H3. The van der Waals surface area contributed by atoms with Crippen molar-refractivity contribution in [3.8, 4) is 0 Å². The first-order chi connectivity index (χ1) is 24.9. The van der Waals surface area contributed by atoms with Gasteiger partial charge in [-0.2, -0.15) is 0 Å². The molecule has 0 aliphatic heterocycles. The van der Waals surface area contributed by atoms with Crippen LogP contribution >= 0.6 is 32.1 Å². The zero-order valence-electron chi connectivity index (χ0n) is 34.7. The minimum Gasteiger partial charge on any atom is -0.379 e. The molecule has 0 rings (SSSR count). The van der Waals surface area contributed by atoms with Crippen molar-refractivity contribution in [1.82, 2.24) is 0 Å². The Morgan fingerprint density at radius 3 is 0.765 bits per heavy atom. The molecule has 10 heteroatoms. The van der Waals surface area contributed by atoms with Gasteiger partial charge in [0, 0.05) is 20.2 Å². The smallest absolute Gasteiger partial charge is 0.326 e. The van der Waals surface area contributed by atoms with Gasteiger partial charge in [-0.1, -0.05) is 230 Å². The summed E-state index contributed by atoms with van der Waals surface area (Å²) in [6.07, 6.45) is 49.2. The number of nitrogens with two attached hydrogens (primary N) is 2. The maximum atomic E-state index is 7.76. The van der Waals surface area contributed by atoms with Gasteiger partial charge in [0.2, 0.25) is 0 Å². The van der Waals surface area contributed by atoms with Gasteiger partial charge in [-0.3, -0.25) is 9.98 Å². The van der Waals surface area contributed by atoms with E-state index in [2.05, 4.69) is 28.4 Å². The summed E-state index contributed by atoms with van der Waals surface area (Å²) in [4.78, 5) is 24.1. The lowest BCUT2D eigenvalue weighted by Crippen LogP contribution is -2.06. The minimum atomic E-state index is -2.10. The molecule has 0 aliphatic rings. The molecular formula is C41H89N4O3PS2. The van der Waals surface area contributed by atoms with Crippen molar-refractivity contribution in [2.24, 2.45) is 21.5 Å². The predicted octanol–water partition coefficient (Wildman–Crippen LogP) is 13.7.